The highest BCUT2D eigenvalue weighted by Gasteiger charge is 2.18. The number of nitrogens with one attached hydrogen (secondary N) is 1. The number of rotatable bonds is 2. The molecular formula is C7H13NOS. The van der Waals surface area contributed by atoms with Crippen LogP contribution in [0.3, 0.4) is 0 Å². The highest BCUT2D eigenvalue weighted by molar-refractivity contribution is 8.03. The first-order valence-electron chi connectivity index (χ1n) is 3.46. The summed E-state index contributed by atoms with van der Waals surface area (Å²) in [6.07, 6.45) is 1.90. The summed E-state index contributed by atoms with van der Waals surface area (Å²) in [4.78, 5) is 1.04. The molecule has 0 aromatic heterocycles. The Kier molecular flexibility index (Phi) is 2.63. The SMILES string of the molecule is CC(C)C1NC=C(CO)S1. The summed E-state index contributed by atoms with van der Waals surface area (Å²) in [5, 5.41) is 12.4. The van der Waals surface area contributed by atoms with Crippen LogP contribution in [-0.2, 0) is 0 Å². The third-order valence-corrected chi connectivity index (χ3v) is 2.93. The van der Waals surface area contributed by atoms with Gasteiger partial charge in [0.1, 0.15) is 0 Å². The van der Waals surface area contributed by atoms with Gasteiger partial charge in [-0.3, -0.25) is 0 Å². The van der Waals surface area contributed by atoms with E-state index in [4.69, 9.17) is 5.11 Å². The molecule has 0 radical (unpaired) electrons. The van der Waals surface area contributed by atoms with Crippen LogP contribution >= 0.6 is 11.8 Å². The van der Waals surface area contributed by atoms with Crippen molar-refractivity contribution in [1.82, 2.24) is 5.32 Å². The normalized spacial score (nSPS) is 24.8. The number of hydrogen-bond donors (Lipinski definition) is 2. The summed E-state index contributed by atoms with van der Waals surface area (Å²) in [5.41, 5.74) is 0. The first-order chi connectivity index (χ1) is 4.74. The molecule has 10 heavy (non-hydrogen) atoms. The predicted molar refractivity (Wildman–Crippen MR) is 44.5 cm³/mol. The standard InChI is InChI=1S/C7H13NOS/c1-5(2)7-8-3-6(4-9)10-7/h3,5,7-9H,4H2,1-2H3. The molecule has 0 aromatic carbocycles. The van der Waals surface area contributed by atoms with E-state index in [1.165, 1.54) is 0 Å². The van der Waals surface area contributed by atoms with Crippen LogP contribution in [0.4, 0.5) is 0 Å². The highest BCUT2D eigenvalue weighted by Crippen LogP contribution is 2.29. The maximum atomic E-state index is 8.74. The van der Waals surface area contributed by atoms with Gasteiger partial charge in [0.15, 0.2) is 0 Å². The zero-order valence-corrected chi connectivity index (χ0v) is 7.11. The van der Waals surface area contributed by atoms with E-state index in [0.717, 1.165) is 4.91 Å². The summed E-state index contributed by atoms with van der Waals surface area (Å²) in [6, 6.07) is 0. The van der Waals surface area contributed by atoms with Crippen LogP contribution in [0.25, 0.3) is 0 Å². The Morgan fingerprint density at radius 3 is 2.80 bits per heavy atom. The summed E-state index contributed by atoms with van der Waals surface area (Å²) in [6.45, 7) is 4.50. The monoisotopic (exact) mass is 159 g/mol. The van der Waals surface area contributed by atoms with E-state index < -0.39 is 0 Å². The van der Waals surface area contributed by atoms with E-state index in [0.29, 0.717) is 11.3 Å². The Morgan fingerprint density at radius 1 is 1.80 bits per heavy atom. The zero-order valence-electron chi connectivity index (χ0n) is 6.29. The van der Waals surface area contributed by atoms with E-state index in [-0.39, 0.29) is 6.61 Å². The number of aliphatic hydroxyl groups excluding tert-OH is 1. The number of hydrogen-bond acceptors (Lipinski definition) is 3. The Balaban J connectivity index is 2.36. The second-order valence-corrected chi connectivity index (χ2v) is 3.99. The van der Waals surface area contributed by atoms with Crippen LogP contribution < -0.4 is 5.32 Å². The molecule has 0 saturated carbocycles. The van der Waals surface area contributed by atoms with Gasteiger partial charge in [0.25, 0.3) is 0 Å². The Morgan fingerprint density at radius 2 is 2.50 bits per heavy atom. The molecule has 0 spiro atoms. The van der Waals surface area contributed by atoms with Gasteiger partial charge in [-0.1, -0.05) is 13.8 Å². The fourth-order valence-corrected chi connectivity index (χ4v) is 1.76. The number of aliphatic hydroxyl groups is 1. The third-order valence-electron chi connectivity index (χ3n) is 1.45. The average Bonchev–Trinajstić information content (AvgIpc) is 2.34. The molecule has 1 aliphatic heterocycles. The van der Waals surface area contributed by atoms with Crippen LogP contribution in [0.2, 0.25) is 0 Å². The Labute approximate surface area is 65.7 Å². The van der Waals surface area contributed by atoms with Crippen LogP contribution in [0, 0.1) is 5.92 Å². The van der Waals surface area contributed by atoms with Crippen molar-refractivity contribution < 1.29 is 5.11 Å². The molecule has 0 saturated heterocycles. The van der Waals surface area contributed by atoms with E-state index in [9.17, 15) is 0 Å². The van der Waals surface area contributed by atoms with Crippen molar-refractivity contribution in [2.45, 2.75) is 19.2 Å². The lowest BCUT2D eigenvalue weighted by Gasteiger charge is -2.13. The maximum absolute atomic E-state index is 8.74. The lowest BCUT2D eigenvalue weighted by molar-refractivity contribution is 0.339. The van der Waals surface area contributed by atoms with Gasteiger partial charge < -0.3 is 10.4 Å². The van der Waals surface area contributed by atoms with E-state index in [1.807, 2.05) is 6.20 Å². The minimum Gasteiger partial charge on any atom is -0.391 e. The smallest absolute Gasteiger partial charge is 0.0785 e. The second-order valence-electron chi connectivity index (χ2n) is 2.72. The molecule has 1 atom stereocenters. The van der Waals surface area contributed by atoms with Crippen LogP contribution in [-0.4, -0.2) is 17.1 Å². The molecule has 0 aromatic rings. The van der Waals surface area contributed by atoms with Crippen LogP contribution in [0.15, 0.2) is 11.1 Å². The molecule has 1 aliphatic rings. The Bertz CT molecular complexity index is 145. The van der Waals surface area contributed by atoms with E-state index in [2.05, 4.69) is 19.2 Å². The van der Waals surface area contributed by atoms with Crippen LogP contribution in [0.1, 0.15) is 13.8 Å². The molecular weight excluding hydrogens is 146 g/mol. The molecule has 1 heterocycles. The lowest BCUT2D eigenvalue weighted by Crippen LogP contribution is -2.21. The highest BCUT2D eigenvalue weighted by atomic mass is 32.2. The van der Waals surface area contributed by atoms with Crippen molar-refractivity contribution in [3.05, 3.63) is 11.1 Å². The second kappa shape index (κ2) is 3.30. The van der Waals surface area contributed by atoms with Crippen molar-refractivity contribution in [1.29, 1.82) is 0 Å². The van der Waals surface area contributed by atoms with Crippen molar-refractivity contribution in [2.75, 3.05) is 6.61 Å². The Hall–Kier alpha value is -0.150. The van der Waals surface area contributed by atoms with Crippen molar-refractivity contribution in [3.63, 3.8) is 0 Å². The molecule has 58 valence electrons. The first-order valence-corrected chi connectivity index (χ1v) is 4.34. The molecule has 1 unspecified atom stereocenters. The molecule has 2 nitrogen and oxygen atoms in total. The van der Waals surface area contributed by atoms with E-state index >= 15 is 0 Å². The van der Waals surface area contributed by atoms with Gasteiger partial charge in [0.2, 0.25) is 0 Å². The molecule has 0 aliphatic carbocycles. The molecule has 0 fully saturated rings. The largest absolute Gasteiger partial charge is 0.391 e. The minimum absolute atomic E-state index is 0.168. The first kappa shape index (κ1) is 7.95. The predicted octanol–water partition coefficient (Wildman–Crippen LogP) is 1.14. The third kappa shape index (κ3) is 1.67. The van der Waals surface area contributed by atoms with Gasteiger partial charge in [-0.05, 0) is 5.92 Å². The quantitative estimate of drug-likeness (QED) is 0.633. The summed E-state index contributed by atoms with van der Waals surface area (Å²) in [5.74, 6) is 0.616. The molecule has 1 rings (SSSR count). The molecule has 0 bridgehead atoms. The van der Waals surface area contributed by atoms with Gasteiger partial charge in [-0.25, -0.2) is 0 Å². The average molecular weight is 159 g/mol. The summed E-state index contributed by atoms with van der Waals surface area (Å²) in [7, 11) is 0. The zero-order chi connectivity index (χ0) is 7.56. The van der Waals surface area contributed by atoms with Gasteiger partial charge >= 0.3 is 0 Å². The van der Waals surface area contributed by atoms with Gasteiger partial charge in [-0.2, -0.15) is 0 Å². The lowest BCUT2D eigenvalue weighted by atomic mass is 10.2. The van der Waals surface area contributed by atoms with Crippen molar-refractivity contribution >= 4 is 11.8 Å². The fourth-order valence-electron chi connectivity index (χ4n) is 0.818. The van der Waals surface area contributed by atoms with Crippen LogP contribution in [0.5, 0.6) is 0 Å². The summed E-state index contributed by atoms with van der Waals surface area (Å²) >= 11 is 1.72. The molecule has 2 N–H and O–H groups in total. The maximum Gasteiger partial charge on any atom is 0.0785 e. The fraction of sp³-hybridized carbons (Fsp3) is 0.714. The van der Waals surface area contributed by atoms with Crippen molar-refractivity contribution in [3.8, 4) is 0 Å². The van der Waals surface area contributed by atoms with E-state index in [1.54, 1.807) is 11.8 Å². The topological polar surface area (TPSA) is 32.3 Å². The molecule has 3 heteroatoms. The molecule has 0 amide bonds. The minimum atomic E-state index is 0.168. The van der Waals surface area contributed by atoms with Gasteiger partial charge in [0, 0.05) is 11.1 Å². The number of thioether (sulfide) groups is 1. The van der Waals surface area contributed by atoms with Crippen molar-refractivity contribution in [2.24, 2.45) is 5.92 Å². The summed E-state index contributed by atoms with van der Waals surface area (Å²) < 4.78 is 0. The van der Waals surface area contributed by atoms with Gasteiger partial charge in [-0.15, -0.1) is 11.8 Å². The van der Waals surface area contributed by atoms with Gasteiger partial charge in [0.05, 0.1) is 12.0 Å².